The van der Waals surface area contributed by atoms with E-state index in [1.807, 2.05) is 32.0 Å². The lowest BCUT2D eigenvalue weighted by molar-refractivity contribution is -0.142. The Morgan fingerprint density at radius 1 is 1.08 bits per heavy atom. The van der Waals surface area contributed by atoms with Crippen LogP contribution < -0.4 is 5.32 Å². The molecule has 5 nitrogen and oxygen atoms in total. The summed E-state index contributed by atoms with van der Waals surface area (Å²) in [5.41, 5.74) is 2.81. The number of allylic oxidation sites excluding steroid dienone is 2. The number of carbonyl (C=O) groups excluding carboxylic acids is 3. The molecule has 0 unspecified atom stereocenters. The van der Waals surface area contributed by atoms with Crippen LogP contribution in [0.1, 0.15) is 17.5 Å². The van der Waals surface area contributed by atoms with Gasteiger partial charge in [-0.25, -0.2) is 0 Å². The van der Waals surface area contributed by atoms with E-state index in [4.69, 9.17) is 0 Å². The predicted octanol–water partition coefficient (Wildman–Crippen LogP) is 2.30. The van der Waals surface area contributed by atoms with E-state index in [-0.39, 0.29) is 47.9 Å². The summed E-state index contributed by atoms with van der Waals surface area (Å²) in [6.45, 7) is 3.74. The fourth-order valence-electron chi connectivity index (χ4n) is 5.39. The minimum absolute atomic E-state index is 0.152. The highest BCUT2D eigenvalue weighted by Gasteiger charge is 2.67. The lowest BCUT2D eigenvalue weighted by Gasteiger charge is -2.37. The largest absolute Gasteiger partial charge is 0.324 e. The quantitative estimate of drug-likeness (QED) is 0.672. The van der Waals surface area contributed by atoms with Gasteiger partial charge >= 0.3 is 0 Å². The van der Waals surface area contributed by atoms with Gasteiger partial charge in [0.15, 0.2) is 0 Å². The molecule has 1 heterocycles. The van der Waals surface area contributed by atoms with Gasteiger partial charge in [-0.2, -0.15) is 0 Å². The van der Waals surface area contributed by atoms with Crippen LogP contribution in [0.4, 0.5) is 5.69 Å². The number of amides is 3. The molecule has 134 valence electrons. The first-order valence-corrected chi connectivity index (χ1v) is 9.37. The van der Waals surface area contributed by atoms with Gasteiger partial charge in [-0.05, 0) is 61.1 Å². The molecule has 6 atom stereocenters. The van der Waals surface area contributed by atoms with Crippen molar-refractivity contribution in [2.45, 2.75) is 20.3 Å². The van der Waals surface area contributed by atoms with Crippen LogP contribution >= 0.6 is 0 Å². The van der Waals surface area contributed by atoms with Gasteiger partial charge in [0.2, 0.25) is 17.7 Å². The van der Waals surface area contributed by atoms with Gasteiger partial charge < -0.3 is 5.32 Å². The smallest absolute Gasteiger partial charge is 0.244 e. The summed E-state index contributed by atoms with van der Waals surface area (Å²) < 4.78 is 0. The molecule has 1 saturated heterocycles. The highest BCUT2D eigenvalue weighted by Crippen LogP contribution is 2.65. The third kappa shape index (κ3) is 2.06. The SMILES string of the molecule is Cc1cccc(NC(=O)CN2C(=O)[C@@H]3[C@H]4C=C[C@H]([C@H]5C[C@H]45)[C@@H]3C2=O)c1C. The number of aryl methyl sites for hydroxylation is 1. The van der Waals surface area contributed by atoms with Crippen molar-refractivity contribution in [1.82, 2.24) is 4.90 Å². The van der Waals surface area contributed by atoms with Gasteiger partial charge in [0.05, 0.1) is 11.8 Å². The predicted molar refractivity (Wildman–Crippen MR) is 96.0 cm³/mol. The molecule has 0 spiro atoms. The zero-order chi connectivity index (χ0) is 18.2. The van der Waals surface area contributed by atoms with Crippen LogP contribution in [0.25, 0.3) is 0 Å². The van der Waals surface area contributed by atoms with Crippen LogP contribution in [0.3, 0.4) is 0 Å². The molecule has 0 aromatic heterocycles. The van der Waals surface area contributed by atoms with Crippen LogP contribution in [0.2, 0.25) is 0 Å². The molecule has 26 heavy (non-hydrogen) atoms. The second-order valence-electron chi connectivity index (χ2n) is 8.21. The van der Waals surface area contributed by atoms with Gasteiger partial charge in [0.25, 0.3) is 0 Å². The van der Waals surface area contributed by atoms with Crippen molar-refractivity contribution >= 4 is 23.4 Å². The third-order valence-corrected chi connectivity index (χ3v) is 6.93. The molecule has 4 aliphatic carbocycles. The maximum atomic E-state index is 12.9. The Hall–Kier alpha value is -2.43. The minimum atomic E-state index is -0.315. The number of likely N-dealkylation sites (tertiary alicyclic amines) is 1. The Kier molecular flexibility index (Phi) is 3.21. The second kappa shape index (κ2) is 5.29. The molecule has 0 radical (unpaired) electrons. The fourth-order valence-corrected chi connectivity index (χ4v) is 5.39. The Morgan fingerprint density at radius 2 is 1.69 bits per heavy atom. The maximum absolute atomic E-state index is 12.9. The van der Waals surface area contributed by atoms with Gasteiger partial charge in [-0.1, -0.05) is 24.3 Å². The van der Waals surface area contributed by atoms with E-state index >= 15 is 0 Å². The number of hydrogen-bond acceptors (Lipinski definition) is 3. The van der Waals surface area contributed by atoms with E-state index in [9.17, 15) is 14.4 Å². The maximum Gasteiger partial charge on any atom is 0.244 e. The van der Waals surface area contributed by atoms with E-state index in [2.05, 4.69) is 17.5 Å². The number of rotatable bonds is 3. The lowest BCUT2D eigenvalue weighted by Crippen LogP contribution is -2.40. The van der Waals surface area contributed by atoms with Crippen LogP contribution in [0.15, 0.2) is 30.4 Å². The van der Waals surface area contributed by atoms with Crippen molar-refractivity contribution < 1.29 is 14.4 Å². The molecule has 3 amide bonds. The summed E-state index contributed by atoms with van der Waals surface area (Å²) in [6, 6.07) is 5.71. The van der Waals surface area contributed by atoms with Gasteiger partial charge in [0, 0.05) is 5.69 Å². The molecule has 1 aliphatic heterocycles. The minimum Gasteiger partial charge on any atom is -0.324 e. The molecule has 1 N–H and O–H groups in total. The summed E-state index contributed by atoms with van der Waals surface area (Å²) in [5, 5.41) is 2.86. The van der Waals surface area contributed by atoms with E-state index < -0.39 is 0 Å². The zero-order valence-corrected chi connectivity index (χ0v) is 14.9. The van der Waals surface area contributed by atoms with Crippen molar-refractivity contribution in [2.24, 2.45) is 35.5 Å². The summed E-state index contributed by atoms with van der Waals surface area (Å²) in [7, 11) is 0. The van der Waals surface area contributed by atoms with Crippen LogP contribution in [0, 0.1) is 49.4 Å². The molecule has 5 aliphatic rings. The Labute approximate surface area is 152 Å². The number of nitrogens with one attached hydrogen (secondary N) is 1. The molecule has 1 aromatic rings. The molecular formula is C21H22N2O3. The third-order valence-electron chi connectivity index (χ3n) is 6.93. The Morgan fingerprint density at radius 3 is 2.31 bits per heavy atom. The average molecular weight is 350 g/mol. The van der Waals surface area contributed by atoms with Crippen LogP contribution in [-0.2, 0) is 14.4 Å². The number of benzene rings is 1. The first kappa shape index (κ1) is 15.8. The number of anilines is 1. The van der Waals surface area contributed by atoms with Crippen molar-refractivity contribution in [2.75, 3.05) is 11.9 Å². The van der Waals surface area contributed by atoms with Crippen molar-refractivity contribution in [3.8, 4) is 0 Å². The lowest BCUT2D eigenvalue weighted by atomic mass is 9.63. The summed E-state index contributed by atoms with van der Waals surface area (Å²) >= 11 is 0. The molecule has 2 bridgehead atoms. The van der Waals surface area contributed by atoms with Crippen molar-refractivity contribution in [3.05, 3.63) is 41.5 Å². The fraction of sp³-hybridized carbons (Fsp3) is 0.476. The van der Waals surface area contributed by atoms with Gasteiger partial charge in [0.1, 0.15) is 6.54 Å². The van der Waals surface area contributed by atoms with E-state index in [1.165, 1.54) is 4.90 Å². The first-order valence-electron chi connectivity index (χ1n) is 9.37. The van der Waals surface area contributed by atoms with Gasteiger partial charge in [-0.3, -0.25) is 19.3 Å². The van der Waals surface area contributed by atoms with Crippen molar-refractivity contribution in [3.63, 3.8) is 0 Å². The monoisotopic (exact) mass is 350 g/mol. The van der Waals surface area contributed by atoms with E-state index in [1.54, 1.807) is 0 Å². The summed E-state index contributed by atoms with van der Waals surface area (Å²) in [4.78, 5) is 39.5. The highest BCUT2D eigenvalue weighted by molar-refractivity contribution is 6.09. The highest BCUT2D eigenvalue weighted by atomic mass is 16.2. The Balaban J connectivity index is 1.34. The molecule has 6 rings (SSSR count). The molecule has 5 heteroatoms. The van der Waals surface area contributed by atoms with Crippen LogP contribution in [-0.4, -0.2) is 29.2 Å². The van der Waals surface area contributed by atoms with E-state index in [0.29, 0.717) is 11.8 Å². The normalized spacial score (nSPS) is 36.2. The summed E-state index contributed by atoms with van der Waals surface area (Å²) in [5.74, 6) is 0.436. The number of nitrogens with zero attached hydrogens (tertiary/aromatic N) is 1. The topological polar surface area (TPSA) is 66.5 Å². The standard InChI is InChI=1S/C21H22N2O3/c1-10-4-3-5-16(11(10)2)22-17(24)9-23-20(25)18-12-6-7-13(15-8-14(12)15)19(18)21(23)26/h3-7,12-15,18-19H,8-9H2,1-2H3,(H,22,24)/t12-,13+,14-,15-,18+,19-/m1/s1. The first-order chi connectivity index (χ1) is 12.5. The van der Waals surface area contributed by atoms with Crippen molar-refractivity contribution in [1.29, 1.82) is 0 Å². The number of carbonyl (C=O) groups is 3. The van der Waals surface area contributed by atoms with Gasteiger partial charge in [-0.15, -0.1) is 0 Å². The molecule has 2 saturated carbocycles. The van der Waals surface area contributed by atoms with E-state index in [0.717, 1.165) is 23.2 Å². The average Bonchev–Trinajstić information content (AvgIpc) is 3.40. The molecule has 3 fully saturated rings. The summed E-state index contributed by atoms with van der Waals surface area (Å²) in [6.07, 6.45) is 5.43. The van der Waals surface area contributed by atoms with Crippen LogP contribution in [0.5, 0.6) is 0 Å². The Bertz CT molecular complexity index is 838. The zero-order valence-electron chi connectivity index (χ0n) is 14.9. The molecular weight excluding hydrogens is 328 g/mol. The number of imide groups is 1. The number of hydrogen-bond donors (Lipinski definition) is 1. The second-order valence-corrected chi connectivity index (χ2v) is 8.21. The molecule has 1 aromatic carbocycles.